The fraction of sp³-hybridized carbons (Fsp3) is 0. The van der Waals surface area contributed by atoms with Crippen LogP contribution >= 0.6 is 46.1 Å². The van der Waals surface area contributed by atoms with E-state index < -0.39 is 0 Å². The zero-order chi connectivity index (χ0) is 13.4. The molecule has 6 heteroatoms. The molecule has 1 aromatic heterocycles. The molecule has 1 N–H and O–H groups in total. The second-order valence-electron chi connectivity index (χ2n) is 3.86. The van der Waals surface area contributed by atoms with Gasteiger partial charge in [0.15, 0.2) is 5.13 Å². The van der Waals surface area contributed by atoms with Gasteiger partial charge >= 0.3 is 0 Å². The Hall–Kier alpha value is -1.000. The maximum atomic E-state index is 6.12. The molecule has 2 nitrogen and oxygen atoms in total. The lowest BCUT2D eigenvalue weighted by atomic mass is 10.3. The average molecular weight is 330 g/mol. The summed E-state index contributed by atoms with van der Waals surface area (Å²) in [6.45, 7) is 0. The number of thiazole rings is 1. The maximum absolute atomic E-state index is 6.12. The van der Waals surface area contributed by atoms with Crippen LogP contribution in [0, 0.1) is 0 Å². The number of nitrogens with one attached hydrogen (secondary N) is 1. The van der Waals surface area contributed by atoms with Crippen molar-refractivity contribution in [2.45, 2.75) is 0 Å². The Kier molecular flexibility index (Phi) is 3.54. The Labute approximate surface area is 128 Å². The van der Waals surface area contributed by atoms with E-state index >= 15 is 0 Å². The standard InChI is InChI=1S/C13H7Cl3N2S/c14-8-5-4-7(6-10(8)16)17-13-18-11-3-1-2-9(15)12(11)19-13/h1-6H,(H,17,18). The minimum absolute atomic E-state index is 0.505. The van der Waals surface area contributed by atoms with Crippen LogP contribution in [-0.4, -0.2) is 4.98 Å². The monoisotopic (exact) mass is 328 g/mol. The molecule has 0 aliphatic rings. The second kappa shape index (κ2) is 5.17. The molecule has 0 saturated carbocycles. The molecule has 0 aliphatic carbocycles. The third-order valence-corrected chi connectivity index (χ3v) is 4.72. The van der Waals surface area contributed by atoms with Gasteiger partial charge in [0.25, 0.3) is 0 Å². The highest BCUT2D eigenvalue weighted by molar-refractivity contribution is 7.22. The topological polar surface area (TPSA) is 24.9 Å². The predicted molar refractivity (Wildman–Crippen MR) is 84.4 cm³/mol. The summed E-state index contributed by atoms with van der Waals surface area (Å²) in [6, 6.07) is 11.0. The van der Waals surface area contributed by atoms with Gasteiger partial charge in [-0.05, 0) is 30.3 Å². The van der Waals surface area contributed by atoms with E-state index in [1.165, 1.54) is 11.3 Å². The summed E-state index contributed by atoms with van der Waals surface area (Å²) in [5.41, 5.74) is 1.71. The van der Waals surface area contributed by atoms with Crippen molar-refractivity contribution in [1.82, 2.24) is 4.98 Å². The Morgan fingerprint density at radius 2 is 1.79 bits per heavy atom. The van der Waals surface area contributed by atoms with Gasteiger partial charge in [-0.3, -0.25) is 0 Å². The summed E-state index contributed by atoms with van der Waals surface area (Å²) in [5.74, 6) is 0. The zero-order valence-corrected chi connectivity index (χ0v) is 12.5. The van der Waals surface area contributed by atoms with Crippen molar-refractivity contribution in [2.75, 3.05) is 5.32 Å². The number of benzene rings is 2. The summed E-state index contributed by atoms with van der Waals surface area (Å²) in [6.07, 6.45) is 0. The molecule has 0 spiro atoms. The minimum atomic E-state index is 0.505. The number of fused-ring (bicyclic) bond motifs is 1. The lowest BCUT2D eigenvalue weighted by Crippen LogP contribution is -1.88. The van der Waals surface area contributed by atoms with Crippen molar-refractivity contribution in [1.29, 1.82) is 0 Å². The largest absolute Gasteiger partial charge is 0.331 e. The van der Waals surface area contributed by atoms with Crippen molar-refractivity contribution in [3.63, 3.8) is 0 Å². The first-order valence-corrected chi connectivity index (χ1v) is 7.35. The molecule has 1 heterocycles. The molecule has 0 atom stereocenters. The first-order valence-electron chi connectivity index (χ1n) is 5.40. The Balaban J connectivity index is 1.96. The third kappa shape index (κ3) is 2.65. The molecule has 96 valence electrons. The predicted octanol–water partition coefficient (Wildman–Crippen LogP) is 6.00. The molecule has 0 bridgehead atoms. The van der Waals surface area contributed by atoms with Gasteiger partial charge in [-0.1, -0.05) is 52.2 Å². The smallest absolute Gasteiger partial charge is 0.188 e. The van der Waals surface area contributed by atoms with Gasteiger partial charge in [0.1, 0.15) is 0 Å². The molecule has 3 aromatic rings. The van der Waals surface area contributed by atoms with Gasteiger partial charge in [0.05, 0.1) is 25.3 Å². The summed E-state index contributed by atoms with van der Waals surface area (Å²) < 4.78 is 0.965. The number of rotatable bonds is 2. The molecule has 0 radical (unpaired) electrons. The van der Waals surface area contributed by atoms with Crippen LogP contribution in [0.25, 0.3) is 10.2 Å². The van der Waals surface area contributed by atoms with Crippen LogP contribution in [0.3, 0.4) is 0 Å². The SMILES string of the molecule is Clc1ccc(Nc2nc3cccc(Cl)c3s2)cc1Cl. The van der Waals surface area contributed by atoms with Crippen LogP contribution in [0.1, 0.15) is 0 Å². The zero-order valence-electron chi connectivity index (χ0n) is 9.45. The fourth-order valence-electron chi connectivity index (χ4n) is 1.67. The third-order valence-electron chi connectivity index (χ3n) is 2.54. The molecule has 0 amide bonds. The number of hydrogen-bond donors (Lipinski definition) is 1. The summed E-state index contributed by atoms with van der Waals surface area (Å²) >= 11 is 19.5. The molecular weight excluding hydrogens is 323 g/mol. The Morgan fingerprint density at radius 3 is 2.53 bits per heavy atom. The van der Waals surface area contributed by atoms with Crippen LogP contribution in [0.2, 0.25) is 15.1 Å². The molecule has 2 aromatic carbocycles. The average Bonchev–Trinajstić information content (AvgIpc) is 2.78. The van der Waals surface area contributed by atoms with Crippen LogP contribution in [0.5, 0.6) is 0 Å². The highest BCUT2D eigenvalue weighted by Gasteiger charge is 2.07. The molecule has 0 fully saturated rings. The lowest BCUT2D eigenvalue weighted by molar-refractivity contribution is 1.44. The van der Waals surface area contributed by atoms with Crippen molar-refractivity contribution >= 4 is 67.2 Å². The maximum Gasteiger partial charge on any atom is 0.188 e. The highest BCUT2D eigenvalue weighted by atomic mass is 35.5. The van der Waals surface area contributed by atoms with Crippen LogP contribution in [0.4, 0.5) is 10.8 Å². The van der Waals surface area contributed by atoms with Gasteiger partial charge in [-0.25, -0.2) is 4.98 Å². The number of hydrogen-bond acceptors (Lipinski definition) is 3. The van der Waals surface area contributed by atoms with Gasteiger partial charge in [-0.2, -0.15) is 0 Å². The quantitative estimate of drug-likeness (QED) is 0.623. The molecule has 3 rings (SSSR count). The summed E-state index contributed by atoms with van der Waals surface area (Å²) in [5, 5.41) is 5.70. The first-order chi connectivity index (χ1) is 9.13. The van der Waals surface area contributed by atoms with Gasteiger partial charge in [0.2, 0.25) is 0 Å². The molecule has 0 aliphatic heterocycles. The number of aromatic nitrogens is 1. The summed E-state index contributed by atoms with van der Waals surface area (Å²) in [7, 11) is 0. The van der Waals surface area contributed by atoms with Crippen LogP contribution < -0.4 is 5.32 Å². The lowest BCUT2D eigenvalue weighted by Gasteiger charge is -2.03. The van der Waals surface area contributed by atoms with E-state index in [2.05, 4.69) is 10.3 Å². The Bertz CT molecular complexity index is 755. The van der Waals surface area contributed by atoms with Crippen molar-refractivity contribution in [2.24, 2.45) is 0 Å². The molecule has 0 saturated heterocycles. The van der Waals surface area contributed by atoms with Crippen molar-refractivity contribution in [3.8, 4) is 0 Å². The van der Waals surface area contributed by atoms with E-state index in [1.54, 1.807) is 12.1 Å². The summed E-state index contributed by atoms with van der Waals surface area (Å²) in [4.78, 5) is 4.47. The van der Waals surface area contributed by atoms with Crippen LogP contribution in [-0.2, 0) is 0 Å². The number of halogens is 3. The molecule has 19 heavy (non-hydrogen) atoms. The normalized spacial score (nSPS) is 10.9. The van der Waals surface area contributed by atoms with Gasteiger partial charge in [-0.15, -0.1) is 0 Å². The van der Waals surface area contributed by atoms with Gasteiger partial charge < -0.3 is 5.32 Å². The minimum Gasteiger partial charge on any atom is -0.331 e. The van der Waals surface area contributed by atoms with Crippen LogP contribution in [0.15, 0.2) is 36.4 Å². The first kappa shape index (κ1) is 13.0. The number of anilines is 2. The number of nitrogens with zero attached hydrogens (tertiary/aromatic N) is 1. The highest BCUT2D eigenvalue weighted by Crippen LogP contribution is 2.34. The van der Waals surface area contributed by atoms with Crippen molar-refractivity contribution in [3.05, 3.63) is 51.5 Å². The fourth-order valence-corrected chi connectivity index (χ4v) is 3.14. The van der Waals surface area contributed by atoms with E-state index in [0.29, 0.717) is 15.1 Å². The van der Waals surface area contributed by atoms with E-state index in [4.69, 9.17) is 34.8 Å². The van der Waals surface area contributed by atoms with E-state index in [9.17, 15) is 0 Å². The second-order valence-corrected chi connectivity index (χ2v) is 6.08. The molecular formula is C13H7Cl3N2S. The van der Waals surface area contributed by atoms with E-state index in [0.717, 1.165) is 21.0 Å². The molecule has 0 unspecified atom stereocenters. The van der Waals surface area contributed by atoms with E-state index in [-0.39, 0.29) is 0 Å². The van der Waals surface area contributed by atoms with Crippen molar-refractivity contribution < 1.29 is 0 Å². The Morgan fingerprint density at radius 1 is 0.947 bits per heavy atom. The van der Waals surface area contributed by atoms with E-state index in [1.807, 2.05) is 24.3 Å². The van der Waals surface area contributed by atoms with Gasteiger partial charge in [0, 0.05) is 5.69 Å².